The van der Waals surface area contributed by atoms with Crippen LogP contribution in [0, 0.1) is 11.8 Å². The SMILES string of the molecule is CC1C(NS(=O)(=O)[O-])COC(COS(=O)(=O)[O-])C1O.CC1C(OS(=O)(=O)[O-])COC(C(=O)[O-])C1O. The second-order valence-corrected chi connectivity index (χ2v) is 10.8. The number of carbonyl (C=O) groups is 1. The molecule has 0 amide bonds. The smallest absolute Gasteiger partial charge is 0.217 e. The first-order valence-corrected chi connectivity index (χ1v) is 13.6. The molecule has 0 aliphatic carbocycles. The van der Waals surface area contributed by atoms with E-state index in [1.807, 2.05) is 0 Å². The Morgan fingerprint density at radius 2 is 1.51 bits per heavy atom. The summed E-state index contributed by atoms with van der Waals surface area (Å²) in [6.45, 7) is 1.42. The summed E-state index contributed by atoms with van der Waals surface area (Å²) in [5.74, 6) is -3.21. The number of hydrogen-bond acceptors (Lipinski definition) is 17. The van der Waals surface area contributed by atoms with E-state index in [0.717, 1.165) is 0 Å². The van der Waals surface area contributed by atoms with Crippen LogP contribution in [-0.4, -0.2) is 111 Å². The number of carboxylic acids is 1. The molecule has 0 aromatic heterocycles. The van der Waals surface area contributed by atoms with Crippen molar-refractivity contribution in [2.75, 3.05) is 19.8 Å². The quantitative estimate of drug-likeness (QED) is 0.180. The summed E-state index contributed by atoms with van der Waals surface area (Å²) in [7, 11) is -14.5. The predicted octanol–water partition coefficient (Wildman–Crippen LogP) is -5.75. The molecule has 0 bridgehead atoms. The van der Waals surface area contributed by atoms with E-state index < -0.39 is 98.7 Å². The Kier molecular flexibility index (Phi) is 11.4. The average molecular weight is 574 g/mol. The van der Waals surface area contributed by atoms with E-state index in [1.54, 1.807) is 4.72 Å². The fraction of sp³-hybridized carbons (Fsp3) is 0.929. The molecule has 8 atom stereocenters. The molecule has 35 heavy (non-hydrogen) atoms. The van der Waals surface area contributed by atoms with Gasteiger partial charge in [-0.05, 0) is 0 Å². The van der Waals surface area contributed by atoms with Gasteiger partial charge in [0.15, 0.2) is 10.3 Å². The molecule has 2 saturated heterocycles. The van der Waals surface area contributed by atoms with Gasteiger partial charge in [0.2, 0.25) is 20.8 Å². The molecule has 0 aromatic carbocycles. The molecule has 2 fully saturated rings. The highest BCUT2D eigenvalue weighted by Gasteiger charge is 2.39. The Balaban J connectivity index is 0.000000355. The molecule has 2 aliphatic rings. The van der Waals surface area contributed by atoms with Crippen LogP contribution in [0.3, 0.4) is 0 Å². The Labute approximate surface area is 200 Å². The monoisotopic (exact) mass is 573 g/mol. The van der Waals surface area contributed by atoms with Gasteiger partial charge < -0.3 is 43.2 Å². The van der Waals surface area contributed by atoms with E-state index in [-0.39, 0.29) is 6.61 Å². The van der Waals surface area contributed by atoms with Gasteiger partial charge in [0.05, 0.1) is 38.0 Å². The van der Waals surface area contributed by atoms with E-state index in [0.29, 0.717) is 0 Å². The fourth-order valence-electron chi connectivity index (χ4n) is 3.10. The van der Waals surface area contributed by atoms with E-state index in [2.05, 4.69) is 13.1 Å². The van der Waals surface area contributed by atoms with Crippen LogP contribution in [0.25, 0.3) is 0 Å². The van der Waals surface area contributed by atoms with Crippen LogP contribution in [0.5, 0.6) is 0 Å². The number of rotatable bonds is 8. The zero-order valence-electron chi connectivity index (χ0n) is 18.0. The highest BCUT2D eigenvalue weighted by molar-refractivity contribution is 7.83. The zero-order chi connectivity index (χ0) is 27.4. The van der Waals surface area contributed by atoms with Crippen LogP contribution in [0.1, 0.15) is 13.8 Å². The lowest BCUT2D eigenvalue weighted by Gasteiger charge is -2.39. The highest BCUT2D eigenvalue weighted by Crippen LogP contribution is 2.24. The standard InChI is InChI=1S/C7H15NO9S2.C7H12O8S/c1-4-5(8-18(10,11)12)2-16-6(7(4)9)3-17-19(13,14)15;1-3-4(15-16(11,12)13)2-14-6(5(3)8)7(9)10/h4-9H,2-3H2,1H3,(H,10,11,12)(H,13,14,15);3-6,8H,2H2,1H3,(H,9,10)(H,11,12,13)/p-4. The first kappa shape index (κ1) is 31.9. The molecule has 0 saturated carbocycles. The average Bonchev–Trinajstić information content (AvgIpc) is 2.66. The third kappa shape index (κ3) is 11.2. The molecule has 3 N–H and O–H groups in total. The van der Waals surface area contributed by atoms with Crippen LogP contribution in [0.4, 0.5) is 0 Å². The lowest BCUT2D eigenvalue weighted by Crippen LogP contribution is -2.56. The molecule has 0 aromatic rings. The van der Waals surface area contributed by atoms with Crippen molar-refractivity contribution in [1.29, 1.82) is 0 Å². The summed E-state index contributed by atoms with van der Waals surface area (Å²) in [4.78, 5) is 10.5. The predicted molar refractivity (Wildman–Crippen MR) is 102 cm³/mol. The van der Waals surface area contributed by atoms with Gasteiger partial charge in [-0.3, -0.25) is 8.37 Å². The Bertz CT molecular complexity index is 1030. The lowest BCUT2D eigenvalue weighted by atomic mass is 9.91. The maximum absolute atomic E-state index is 10.5. The molecule has 0 spiro atoms. The molecule has 2 rings (SSSR count). The van der Waals surface area contributed by atoms with Gasteiger partial charge in [0, 0.05) is 17.9 Å². The maximum Gasteiger partial charge on any atom is 0.217 e. The summed E-state index contributed by atoms with van der Waals surface area (Å²) >= 11 is 0. The van der Waals surface area contributed by atoms with Gasteiger partial charge >= 0.3 is 0 Å². The largest absolute Gasteiger partial charge is 0.735 e. The summed E-state index contributed by atoms with van der Waals surface area (Å²) < 4.78 is 113. The van der Waals surface area contributed by atoms with Crippen molar-refractivity contribution in [3.8, 4) is 0 Å². The molecule has 0 radical (unpaired) electrons. The number of carboxylic acid groups (broad SMARTS) is 1. The minimum absolute atomic E-state index is 0.257. The number of nitrogens with one attached hydrogen (secondary N) is 1. The van der Waals surface area contributed by atoms with Crippen molar-refractivity contribution < 1.29 is 76.9 Å². The molecular formula is C14H23NO17S3-4. The summed E-state index contributed by atoms with van der Waals surface area (Å²) in [6, 6.07) is -0.947. The fourth-order valence-corrected chi connectivity index (χ4v) is 4.58. The van der Waals surface area contributed by atoms with E-state index in [1.165, 1.54) is 13.8 Å². The van der Waals surface area contributed by atoms with Crippen molar-refractivity contribution in [3.05, 3.63) is 0 Å². The Morgan fingerprint density at radius 1 is 0.943 bits per heavy atom. The van der Waals surface area contributed by atoms with Crippen molar-refractivity contribution in [2.24, 2.45) is 11.8 Å². The number of hydrogen-bond donors (Lipinski definition) is 3. The topological polar surface area (TPSA) is 301 Å². The van der Waals surface area contributed by atoms with Crippen molar-refractivity contribution in [2.45, 2.75) is 50.4 Å². The van der Waals surface area contributed by atoms with Crippen LogP contribution in [-0.2, 0) is 53.7 Å². The normalized spacial score (nSPS) is 34.5. The maximum atomic E-state index is 10.5. The van der Waals surface area contributed by atoms with Gasteiger partial charge in [0.25, 0.3) is 0 Å². The van der Waals surface area contributed by atoms with Gasteiger partial charge in [-0.15, -0.1) is 0 Å². The Hall–Kier alpha value is -1.08. The van der Waals surface area contributed by atoms with Crippen molar-refractivity contribution in [3.63, 3.8) is 0 Å². The number of aliphatic hydroxyl groups is 2. The summed E-state index contributed by atoms with van der Waals surface area (Å²) in [5.41, 5.74) is 0. The van der Waals surface area contributed by atoms with Gasteiger partial charge in [-0.2, -0.15) is 0 Å². The van der Waals surface area contributed by atoms with Crippen LogP contribution in [0.15, 0.2) is 0 Å². The number of carbonyl (C=O) groups excluding carboxylic acids is 1. The van der Waals surface area contributed by atoms with Crippen LogP contribution >= 0.6 is 0 Å². The van der Waals surface area contributed by atoms with Gasteiger partial charge in [-0.1, -0.05) is 13.8 Å². The first-order valence-electron chi connectivity index (χ1n) is 9.49. The molecule has 2 heterocycles. The van der Waals surface area contributed by atoms with Crippen molar-refractivity contribution >= 4 is 37.1 Å². The van der Waals surface area contributed by atoms with Gasteiger partial charge in [0.1, 0.15) is 18.3 Å². The summed E-state index contributed by atoms with van der Waals surface area (Å²) in [5, 5.41) is 29.7. The molecule has 8 unspecified atom stereocenters. The van der Waals surface area contributed by atoms with Crippen LogP contribution < -0.4 is 9.83 Å². The van der Waals surface area contributed by atoms with E-state index >= 15 is 0 Å². The second kappa shape index (κ2) is 12.4. The van der Waals surface area contributed by atoms with E-state index in [4.69, 9.17) is 4.74 Å². The third-order valence-corrected chi connectivity index (χ3v) is 6.56. The van der Waals surface area contributed by atoms with Crippen LogP contribution in [0.2, 0.25) is 0 Å². The minimum Gasteiger partial charge on any atom is -0.735 e. The van der Waals surface area contributed by atoms with E-state index in [9.17, 15) is 59.0 Å². The molecule has 21 heteroatoms. The second-order valence-electron chi connectivity index (χ2n) is 7.56. The zero-order valence-corrected chi connectivity index (χ0v) is 20.4. The third-order valence-electron chi connectivity index (χ3n) is 5.07. The highest BCUT2D eigenvalue weighted by atomic mass is 32.3. The van der Waals surface area contributed by atoms with Gasteiger partial charge in [-0.25, -0.2) is 30.0 Å². The molecule has 18 nitrogen and oxygen atoms in total. The Morgan fingerprint density at radius 3 is 1.97 bits per heavy atom. The van der Waals surface area contributed by atoms with Crippen molar-refractivity contribution in [1.82, 2.24) is 4.72 Å². The lowest BCUT2D eigenvalue weighted by molar-refractivity contribution is -0.325. The number of aliphatic hydroxyl groups excluding tert-OH is 2. The molecular weight excluding hydrogens is 550 g/mol. The number of aliphatic carboxylic acids is 1. The number of ether oxygens (including phenoxy) is 2. The minimum atomic E-state index is -4.92. The summed E-state index contributed by atoms with van der Waals surface area (Å²) in [6.07, 6.45) is -6.65. The molecule has 2 aliphatic heterocycles. The molecule has 208 valence electrons. The first-order chi connectivity index (χ1) is 15.7.